The Hall–Kier alpha value is -3.27. The van der Waals surface area contributed by atoms with Crippen LogP contribution in [0, 0.1) is 0 Å². The van der Waals surface area contributed by atoms with Crippen molar-refractivity contribution in [2.75, 3.05) is 50.6 Å². The predicted molar refractivity (Wildman–Crippen MR) is 100 cm³/mol. The molecular weight excluding hydrogens is 348 g/mol. The second kappa shape index (κ2) is 7.16. The van der Waals surface area contributed by atoms with Crippen LogP contribution in [0.3, 0.4) is 0 Å². The zero-order valence-electron chi connectivity index (χ0n) is 15.1. The number of aromatic nitrogens is 5. The number of fused-ring (bicyclic) bond motifs is 1. The molecule has 1 aliphatic heterocycles. The number of amides is 1. The van der Waals surface area contributed by atoms with Crippen LogP contribution in [0.1, 0.15) is 10.5 Å². The molecular formula is C17H20N8O2. The number of nitrogens with zero attached hydrogens (tertiary/aromatic N) is 6. The van der Waals surface area contributed by atoms with E-state index in [4.69, 9.17) is 4.74 Å². The first-order valence-electron chi connectivity index (χ1n) is 8.61. The number of pyridine rings is 1. The van der Waals surface area contributed by atoms with Crippen molar-refractivity contribution in [1.82, 2.24) is 30.5 Å². The summed E-state index contributed by atoms with van der Waals surface area (Å²) in [7, 11) is 3.74. The Morgan fingerprint density at radius 1 is 1.22 bits per heavy atom. The highest BCUT2D eigenvalue weighted by Crippen LogP contribution is 2.31. The molecule has 1 amide bonds. The van der Waals surface area contributed by atoms with Gasteiger partial charge in [0.1, 0.15) is 11.4 Å². The van der Waals surface area contributed by atoms with E-state index < -0.39 is 0 Å². The summed E-state index contributed by atoms with van der Waals surface area (Å²) in [5, 5.41) is 16.8. The van der Waals surface area contributed by atoms with Gasteiger partial charge in [0.15, 0.2) is 0 Å². The number of anilines is 2. The van der Waals surface area contributed by atoms with Crippen LogP contribution in [0.25, 0.3) is 10.9 Å². The van der Waals surface area contributed by atoms with Crippen LogP contribution in [-0.2, 0) is 0 Å². The molecule has 2 aromatic heterocycles. The normalized spacial score (nSPS) is 15.1. The van der Waals surface area contributed by atoms with Crippen molar-refractivity contribution in [1.29, 1.82) is 0 Å². The molecule has 0 spiro atoms. The van der Waals surface area contributed by atoms with Gasteiger partial charge in [-0.15, -0.1) is 5.10 Å². The van der Waals surface area contributed by atoms with E-state index in [1.165, 1.54) is 0 Å². The van der Waals surface area contributed by atoms with Gasteiger partial charge in [-0.05, 0) is 36.5 Å². The van der Waals surface area contributed by atoms with Crippen molar-refractivity contribution in [3.05, 3.63) is 30.0 Å². The Kier molecular flexibility index (Phi) is 4.55. The van der Waals surface area contributed by atoms with Crippen LogP contribution < -0.4 is 15.0 Å². The standard InChI is InChI=1S/C17H20N8O2/c1-24-5-7-25(8-6-24)15-10-14(16(26)19-17-20-22-23-21-17)18-13-4-3-11(27-2)9-12(13)15/h3-4,9-10H,5-8H2,1-2H3,(H2,19,20,21,22,23,26). The third-order valence-electron chi connectivity index (χ3n) is 4.64. The van der Waals surface area contributed by atoms with E-state index in [9.17, 15) is 4.79 Å². The molecule has 0 aliphatic carbocycles. The fourth-order valence-corrected chi connectivity index (χ4v) is 3.12. The fourth-order valence-electron chi connectivity index (χ4n) is 3.12. The second-order valence-electron chi connectivity index (χ2n) is 6.39. The molecule has 140 valence electrons. The lowest BCUT2D eigenvalue weighted by Gasteiger charge is -2.34. The Morgan fingerprint density at radius 2 is 2.04 bits per heavy atom. The van der Waals surface area contributed by atoms with Gasteiger partial charge in [-0.2, -0.15) is 5.21 Å². The molecule has 2 N–H and O–H groups in total. The molecule has 10 nitrogen and oxygen atoms in total. The molecule has 0 atom stereocenters. The minimum absolute atomic E-state index is 0.109. The predicted octanol–water partition coefficient (Wildman–Crippen LogP) is 0.761. The third-order valence-corrected chi connectivity index (χ3v) is 4.64. The number of ether oxygens (including phenoxy) is 1. The summed E-state index contributed by atoms with van der Waals surface area (Å²) >= 11 is 0. The van der Waals surface area contributed by atoms with E-state index in [2.05, 4.69) is 47.8 Å². The molecule has 4 rings (SSSR count). The summed E-state index contributed by atoms with van der Waals surface area (Å²) in [6, 6.07) is 7.46. The lowest BCUT2D eigenvalue weighted by atomic mass is 10.1. The summed E-state index contributed by atoms with van der Waals surface area (Å²) in [4.78, 5) is 21.7. The van der Waals surface area contributed by atoms with Crippen molar-refractivity contribution in [2.45, 2.75) is 0 Å². The molecule has 0 saturated carbocycles. The van der Waals surface area contributed by atoms with E-state index >= 15 is 0 Å². The van der Waals surface area contributed by atoms with Crippen molar-refractivity contribution >= 4 is 28.4 Å². The first-order chi connectivity index (χ1) is 13.1. The minimum Gasteiger partial charge on any atom is -0.497 e. The number of aromatic amines is 1. The summed E-state index contributed by atoms with van der Waals surface area (Å²) in [6.07, 6.45) is 0. The molecule has 1 aliphatic rings. The van der Waals surface area contributed by atoms with E-state index in [-0.39, 0.29) is 11.9 Å². The van der Waals surface area contributed by atoms with Gasteiger partial charge < -0.3 is 14.5 Å². The number of rotatable bonds is 4. The van der Waals surface area contributed by atoms with Crippen molar-refractivity contribution in [3.8, 4) is 5.75 Å². The first kappa shape index (κ1) is 17.2. The van der Waals surface area contributed by atoms with Crippen LogP contribution in [0.4, 0.5) is 11.6 Å². The van der Waals surface area contributed by atoms with Crippen molar-refractivity contribution in [2.24, 2.45) is 0 Å². The highest BCUT2D eigenvalue weighted by atomic mass is 16.5. The van der Waals surface area contributed by atoms with E-state index in [1.807, 2.05) is 24.3 Å². The molecule has 3 aromatic rings. The van der Waals surface area contributed by atoms with Gasteiger partial charge in [-0.1, -0.05) is 5.10 Å². The van der Waals surface area contributed by atoms with Crippen molar-refractivity contribution < 1.29 is 9.53 Å². The Morgan fingerprint density at radius 3 is 2.74 bits per heavy atom. The number of carbonyl (C=O) groups is 1. The Balaban J connectivity index is 1.75. The topological polar surface area (TPSA) is 112 Å². The number of piperazine rings is 1. The lowest BCUT2D eigenvalue weighted by Crippen LogP contribution is -2.44. The molecule has 0 radical (unpaired) electrons. The number of benzene rings is 1. The van der Waals surface area contributed by atoms with E-state index in [1.54, 1.807) is 7.11 Å². The van der Waals surface area contributed by atoms with Crippen LogP contribution in [-0.4, -0.2) is 76.8 Å². The maximum atomic E-state index is 12.6. The number of nitrogens with one attached hydrogen (secondary N) is 2. The smallest absolute Gasteiger partial charge is 0.276 e. The lowest BCUT2D eigenvalue weighted by molar-refractivity contribution is 0.102. The maximum absolute atomic E-state index is 12.6. The zero-order chi connectivity index (χ0) is 18.8. The average molecular weight is 368 g/mol. The molecule has 1 aromatic carbocycles. The van der Waals surface area contributed by atoms with Crippen LogP contribution in [0.5, 0.6) is 5.75 Å². The van der Waals surface area contributed by atoms with Crippen LogP contribution in [0.15, 0.2) is 24.3 Å². The van der Waals surface area contributed by atoms with Gasteiger partial charge >= 0.3 is 0 Å². The van der Waals surface area contributed by atoms with Gasteiger partial charge in [0.25, 0.3) is 11.9 Å². The summed E-state index contributed by atoms with van der Waals surface area (Å²) in [5.74, 6) is 0.478. The Labute approximate surface area is 155 Å². The number of likely N-dealkylation sites (N-methyl/N-ethyl adjacent to an activating group) is 1. The number of carbonyl (C=O) groups excluding carboxylic acids is 1. The highest BCUT2D eigenvalue weighted by molar-refractivity contribution is 6.05. The number of hydrogen-bond acceptors (Lipinski definition) is 8. The number of H-pyrrole nitrogens is 1. The van der Waals surface area contributed by atoms with Crippen molar-refractivity contribution in [3.63, 3.8) is 0 Å². The van der Waals surface area contributed by atoms with E-state index in [0.717, 1.165) is 48.5 Å². The maximum Gasteiger partial charge on any atom is 0.276 e. The molecule has 0 bridgehead atoms. The SMILES string of the molecule is COc1ccc2nc(C(=O)Nc3nn[nH]n3)cc(N3CCN(C)CC3)c2c1. The molecule has 0 unspecified atom stereocenters. The van der Waals surface area contributed by atoms with Gasteiger partial charge in [-0.25, -0.2) is 4.98 Å². The zero-order valence-corrected chi connectivity index (χ0v) is 15.1. The fraction of sp³-hybridized carbons (Fsp3) is 0.353. The quantitative estimate of drug-likeness (QED) is 0.694. The molecule has 27 heavy (non-hydrogen) atoms. The highest BCUT2D eigenvalue weighted by Gasteiger charge is 2.20. The Bertz CT molecular complexity index is 951. The third kappa shape index (κ3) is 3.51. The summed E-state index contributed by atoms with van der Waals surface area (Å²) < 4.78 is 5.37. The van der Waals surface area contributed by atoms with Crippen LogP contribution in [0.2, 0.25) is 0 Å². The molecule has 1 saturated heterocycles. The average Bonchev–Trinajstić information content (AvgIpc) is 3.20. The molecule has 1 fully saturated rings. The van der Waals surface area contributed by atoms with Crippen LogP contribution >= 0.6 is 0 Å². The van der Waals surface area contributed by atoms with Gasteiger partial charge in [0.05, 0.1) is 12.6 Å². The number of tetrazole rings is 1. The number of hydrogen-bond donors (Lipinski definition) is 2. The summed E-state index contributed by atoms with van der Waals surface area (Å²) in [5.41, 5.74) is 1.99. The molecule has 3 heterocycles. The van der Waals surface area contributed by atoms with E-state index in [0.29, 0.717) is 5.69 Å². The number of methoxy groups -OCH3 is 1. The second-order valence-corrected chi connectivity index (χ2v) is 6.39. The minimum atomic E-state index is -0.385. The van der Waals surface area contributed by atoms with Gasteiger partial charge in [0.2, 0.25) is 0 Å². The monoisotopic (exact) mass is 368 g/mol. The van der Waals surface area contributed by atoms with Gasteiger partial charge in [0, 0.05) is 37.3 Å². The summed E-state index contributed by atoms with van der Waals surface area (Å²) in [6.45, 7) is 3.66. The largest absolute Gasteiger partial charge is 0.497 e. The molecule has 10 heteroatoms. The van der Waals surface area contributed by atoms with Gasteiger partial charge in [-0.3, -0.25) is 10.1 Å². The first-order valence-corrected chi connectivity index (χ1v) is 8.61.